The Bertz CT molecular complexity index is 735. The first-order chi connectivity index (χ1) is 11.6. The van der Waals surface area contributed by atoms with Crippen LogP contribution >= 0.6 is 0 Å². The molecule has 0 aliphatic carbocycles. The van der Waals surface area contributed by atoms with Crippen molar-refractivity contribution in [2.75, 3.05) is 26.2 Å². The molecule has 3 rings (SSSR count). The standard InChI is InChI=1S/C18H18FNO4/c1-22-15-8-13(9-16(23-2)18(15)24-3)20-14(10-17(20)21)11-4-6-12(19)7-5-11/h4-9,14H,10H2,1-3H3. The van der Waals surface area contributed by atoms with Gasteiger partial charge in [0.05, 0.1) is 39.5 Å². The molecule has 0 bridgehead atoms. The van der Waals surface area contributed by atoms with E-state index in [1.54, 1.807) is 29.2 Å². The molecule has 1 atom stereocenters. The molecule has 1 heterocycles. The second kappa shape index (κ2) is 6.39. The number of hydrogen-bond donors (Lipinski definition) is 0. The number of nitrogens with zero attached hydrogens (tertiary/aromatic N) is 1. The second-order valence-electron chi connectivity index (χ2n) is 5.42. The van der Waals surface area contributed by atoms with Crippen LogP contribution in [0, 0.1) is 5.82 Å². The van der Waals surface area contributed by atoms with Crippen molar-refractivity contribution in [2.45, 2.75) is 12.5 Å². The number of hydrogen-bond acceptors (Lipinski definition) is 4. The molecule has 24 heavy (non-hydrogen) atoms. The molecule has 1 amide bonds. The summed E-state index contributed by atoms with van der Waals surface area (Å²) in [7, 11) is 4.57. The Morgan fingerprint density at radius 1 is 1.00 bits per heavy atom. The number of carbonyl (C=O) groups is 1. The van der Waals surface area contributed by atoms with Gasteiger partial charge in [-0.25, -0.2) is 4.39 Å². The van der Waals surface area contributed by atoms with Crippen LogP contribution in [0.25, 0.3) is 0 Å². The molecule has 1 fully saturated rings. The first-order valence-electron chi connectivity index (χ1n) is 7.46. The van der Waals surface area contributed by atoms with Crippen molar-refractivity contribution in [2.24, 2.45) is 0 Å². The molecular formula is C18H18FNO4. The molecule has 0 spiro atoms. The van der Waals surface area contributed by atoms with Crippen molar-refractivity contribution in [1.82, 2.24) is 0 Å². The minimum Gasteiger partial charge on any atom is -0.493 e. The molecular weight excluding hydrogens is 313 g/mol. The second-order valence-corrected chi connectivity index (χ2v) is 5.42. The van der Waals surface area contributed by atoms with Gasteiger partial charge in [0.25, 0.3) is 0 Å². The first-order valence-corrected chi connectivity index (χ1v) is 7.46. The summed E-state index contributed by atoms with van der Waals surface area (Å²) in [6, 6.07) is 9.50. The molecule has 0 aromatic heterocycles. The lowest BCUT2D eigenvalue weighted by Crippen LogP contribution is -2.46. The van der Waals surface area contributed by atoms with Crippen molar-refractivity contribution >= 4 is 11.6 Å². The Hall–Kier alpha value is -2.76. The summed E-state index contributed by atoms with van der Waals surface area (Å²) in [5, 5.41) is 0. The predicted molar refractivity (Wildman–Crippen MR) is 87.3 cm³/mol. The molecule has 1 saturated heterocycles. The van der Waals surface area contributed by atoms with Gasteiger partial charge >= 0.3 is 0 Å². The third-order valence-corrected chi connectivity index (χ3v) is 4.13. The van der Waals surface area contributed by atoms with Crippen LogP contribution in [-0.4, -0.2) is 27.2 Å². The number of benzene rings is 2. The van der Waals surface area contributed by atoms with Gasteiger partial charge in [0.2, 0.25) is 11.7 Å². The van der Waals surface area contributed by atoms with Crippen LogP contribution in [0.2, 0.25) is 0 Å². The molecule has 5 nitrogen and oxygen atoms in total. The van der Waals surface area contributed by atoms with Crippen LogP contribution in [-0.2, 0) is 4.79 Å². The van der Waals surface area contributed by atoms with Crippen LogP contribution < -0.4 is 19.1 Å². The van der Waals surface area contributed by atoms with Gasteiger partial charge in [-0.3, -0.25) is 4.79 Å². The highest BCUT2D eigenvalue weighted by Gasteiger charge is 2.39. The Balaban J connectivity index is 2.00. The summed E-state index contributed by atoms with van der Waals surface area (Å²) in [4.78, 5) is 13.8. The average Bonchev–Trinajstić information content (AvgIpc) is 2.59. The monoisotopic (exact) mass is 331 g/mol. The minimum absolute atomic E-state index is 0.0152. The number of ether oxygens (including phenoxy) is 3. The van der Waals surface area contributed by atoms with E-state index in [-0.39, 0.29) is 17.8 Å². The molecule has 1 aliphatic rings. The van der Waals surface area contributed by atoms with Crippen molar-refractivity contribution in [3.63, 3.8) is 0 Å². The number of anilines is 1. The van der Waals surface area contributed by atoms with E-state index in [1.165, 1.54) is 33.5 Å². The summed E-state index contributed by atoms with van der Waals surface area (Å²) in [5.41, 5.74) is 1.53. The van der Waals surface area contributed by atoms with E-state index < -0.39 is 0 Å². The quantitative estimate of drug-likeness (QED) is 0.789. The summed E-state index contributed by atoms with van der Waals surface area (Å²) in [6.45, 7) is 0. The fraction of sp³-hybridized carbons (Fsp3) is 0.278. The molecule has 126 valence electrons. The predicted octanol–water partition coefficient (Wildman–Crippen LogP) is 3.33. The smallest absolute Gasteiger partial charge is 0.230 e. The van der Waals surface area contributed by atoms with Gasteiger partial charge in [-0.2, -0.15) is 0 Å². The highest BCUT2D eigenvalue weighted by Crippen LogP contribution is 2.46. The maximum atomic E-state index is 13.1. The lowest BCUT2D eigenvalue weighted by atomic mass is 9.93. The Morgan fingerprint density at radius 3 is 2.04 bits per heavy atom. The number of amides is 1. The highest BCUT2D eigenvalue weighted by molar-refractivity contribution is 6.01. The van der Waals surface area contributed by atoms with Crippen LogP contribution in [0.3, 0.4) is 0 Å². The Labute approximate surface area is 139 Å². The minimum atomic E-state index is -0.302. The highest BCUT2D eigenvalue weighted by atomic mass is 19.1. The summed E-state index contributed by atoms with van der Waals surface area (Å²) in [6.07, 6.45) is 0.377. The van der Waals surface area contributed by atoms with Crippen LogP contribution in [0.1, 0.15) is 18.0 Å². The van der Waals surface area contributed by atoms with Crippen LogP contribution in [0.5, 0.6) is 17.2 Å². The molecule has 1 unspecified atom stereocenters. The average molecular weight is 331 g/mol. The number of carbonyl (C=O) groups excluding carboxylic acids is 1. The summed E-state index contributed by atoms with van der Waals surface area (Å²) in [5.74, 6) is 1.10. The SMILES string of the molecule is COc1cc(N2C(=O)CC2c2ccc(F)cc2)cc(OC)c1OC. The Morgan fingerprint density at radius 2 is 1.58 bits per heavy atom. The van der Waals surface area contributed by atoms with Crippen molar-refractivity contribution < 1.29 is 23.4 Å². The molecule has 1 aliphatic heterocycles. The third kappa shape index (κ3) is 2.64. The zero-order chi connectivity index (χ0) is 17.3. The fourth-order valence-electron chi connectivity index (χ4n) is 2.90. The largest absolute Gasteiger partial charge is 0.493 e. The van der Waals surface area contributed by atoms with Crippen molar-refractivity contribution in [3.05, 3.63) is 47.8 Å². The normalized spacial score (nSPS) is 16.6. The van der Waals surface area contributed by atoms with Crippen molar-refractivity contribution in [1.29, 1.82) is 0 Å². The number of halogens is 1. The van der Waals surface area contributed by atoms with E-state index in [1.807, 2.05) is 0 Å². The first kappa shape index (κ1) is 16.1. The van der Waals surface area contributed by atoms with Gasteiger partial charge in [0, 0.05) is 12.1 Å². The van der Waals surface area contributed by atoms with Gasteiger partial charge in [-0.1, -0.05) is 12.1 Å². The van der Waals surface area contributed by atoms with E-state index >= 15 is 0 Å². The summed E-state index contributed by atoms with van der Waals surface area (Å²) < 4.78 is 29.1. The molecule has 0 N–H and O–H groups in total. The molecule has 0 radical (unpaired) electrons. The number of methoxy groups -OCH3 is 3. The zero-order valence-electron chi connectivity index (χ0n) is 13.7. The zero-order valence-corrected chi connectivity index (χ0v) is 13.7. The van der Waals surface area contributed by atoms with Crippen LogP contribution in [0.4, 0.5) is 10.1 Å². The molecule has 2 aromatic carbocycles. The van der Waals surface area contributed by atoms with Gasteiger partial charge in [-0.05, 0) is 17.7 Å². The van der Waals surface area contributed by atoms with E-state index in [0.717, 1.165) is 5.56 Å². The summed E-state index contributed by atoms with van der Waals surface area (Å²) >= 11 is 0. The third-order valence-electron chi connectivity index (χ3n) is 4.13. The maximum Gasteiger partial charge on any atom is 0.230 e. The van der Waals surface area contributed by atoms with Crippen LogP contribution in [0.15, 0.2) is 36.4 Å². The van der Waals surface area contributed by atoms with Gasteiger partial charge < -0.3 is 19.1 Å². The fourth-order valence-corrected chi connectivity index (χ4v) is 2.90. The number of β-lactam (4-membered cyclic amide) rings is 1. The molecule has 6 heteroatoms. The maximum absolute atomic E-state index is 13.1. The van der Waals surface area contributed by atoms with Gasteiger partial charge in [-0.15, -0.1) is 0 Å². The van der Waals surface area contributed by atoms with E-state index in [9.17, 15) is 9.18 Å². The van der Waals surface area contributed by atoms with E-state index in [0.29, 0.717) is 29.4 Å². The lowest BCUT2D eigenvalue weighted by molar-refractivity contribution is -0.124. The van der Waals surface area contributed by atoms with E-state index in [2.05, 4.69) is 0 Å². The topological polar surface area (TPSA) is 48.0 Å². The Kier molecular flexibility index (Phi) is 4.29. The van der Waals surface area contributed by atoms with Gasteiger partial charge in [0.1, 0.15) is 5.82 Å². The van der Waals surface area contributed by atoms with Gasteiger partial charge in [0.15, 0.2) is 11.5 Å². The number of rotatable bonds is 5. The molecule has 2 aromatic rings. The van der Waals surface area contributed by atoms with E-state index in [4.69, 9.17) is 14.2 Å². The van der Waals surface area contributed by atoms with Crippen molar-refractivity contribution in [3.8, 4) is 17.2 Å². The molecule has 0 saturated carbocycles. The lowest BCUT2D eigenvalue weighted by Gasteiger charge is -2.41.